The van der Waals surface area contributed by atoms with Crippen LogP contribution in [0.15, 0.2) is 18.2 Å². The summed E-state index contributed by atoms with van der Waals surface area (Å²) in [5.41, 5.74) is 8.06. The summed E-state index contributed by atoms with van der Waals surface area (Å²) in [7, 11) is 2.15. The molecule has 1 fully saturated rings. The molecule has 1 unspecified atom stereocenters. The van der Waals surface area contributed by atoms with E-state index in [1.54, 1.807) is 12.1 Å². The van der Waals surface area contributed by atoms with E-state index in [1.165, 1.54) is 19.4 Å². The molecule has 4 heteroatoms. The van der Waals surface area contributed by atoms with E-state index in [2.05, 4.69) is 23.3 Å². The monoisotopic (exact) mass is 230 g/mol. The van der Waals surface area contributed by atoms with Crippen molar-refractivity contribution >= 4 is 11.4 Å². The maximum Gasteiger partial charge on any atom is 0.0992 e. The molecule has 0 saturated carbocycles. The summed E-state index contributed by atoms with van der Waals surface area (Å²) >= 11 is 0. The van der Waals surface area contributed by atoms with E-state index in [1.807, 2.05) is 6.07 Å². The van der Waals surface area contributed by atoms with E-state index in [-0.39, 0.29) is 0 Å². The van der Waals surface area contributed by atoms with Crippen LogP contribution in [-0.4, -0.2) is 31.1 Å². The molecule has 1 heterocycles. The van der Waals surface area contributed by atoms with E-state index in [9.17, 15) is 0 Å². The number of hydrogen-bond donors (Lipinski definition) is 2. The Kier molecular flexibility index (Phi) is 3.50. The highest BCUT2D eigenvalue weighted by Crippen LogP contribution is 2.21. The molecule has 17 heavy (non-hydrogen) atoms. The Labute approximate surface area is 102 Å². The number of nitriles is 1. The van der Waals surface area contributed by atoms with Gasteiger partial charge in [-0.2, -0.15) is 5.26 Å². The predicted octanol–water partition coefficient (Wildman–Crippen LogP) is 1.65. The first-order valence-electron chi connectivity index (χ1n) is 5.94. The summed E-state index contributed by atoms with van der Waals surface area (Å²) in [6.07, 6.45) is 2.51. The maximum absolute atomic E-state index is 8.76. The Bertz CT molecular complexity index is 436. The number of rotatable bonds is 3. The second kappa shape index (κ2) is 5.07. The van der Waals surface area contributed by atoms with Crippen molar-refractivity contribution < 1.29 is 0 Å². The van der Waals surface area contributed by atoms with Crippen molar-refractivity contribution in [3.8, 4) is 6.07 Å². The third-order valence-corrected chi connectivity index (χ3v) is 3.38. The van der Waals surface area contributed by atoms with Gasteiger partial charge in [0.05, 0.1) is 23.0 Å². The van der Waals surface area contributed by atoms with Gasteiger partial charge < -0.3 is 16.0 Å². The van der Waals surface area contributed by atoms with E-state index >= 15 is 0 Å². The Morgan fingerprint density at radius 1 is 1.59 bits per heavy atom. The van der Waals surface area contributed by atoms with Gasteiger partial charge in [0.25, 0.3) is 0 Å². The van der Waals surface area contributed by atoms with E-state index in [4.69, 9.17) is 11.0 Å². The molecule has 1 aromatic rings. The van der Waals surface area contributed by atoms with Crippen molar-refractivity contribution in [2.75, 3.05) is 31.2 Å². The van der Waals surface area contributed by atoms with E-state index < -0.39 is 0 Å². The number of nitrogens with one attached hydrogen (secondary N) is 1. The zero-order valence-electron chi connectivity index (χ0n) is 10.1. The number of likely N-dealkylation sites (tertiary alicyclic amines) is 1. The zero-order chi connectivity index (χ0) is 12.3. The molecule has 0 bridgehead atoms. The lowest BCUT2D eigenvalue weighted by Crippen LogP contribution is -2.31. The average molecular weight is 230 g/mol. The molecule has 0 aliphatic carbocycles. The van der Waals surface area contributed by atoms with E-state index in [0.29, 0.717) is 17.3 Å². The van der Waals surface area contributed by atoms with Gasteiger partial charge >= 0.3 is 0 Å². The highest BCUT2D eigenvalue weighted by atomic mass is 15.2. The van der Waals surface area contributed by atoms with Crippen molar-refractivity contribution in [1.29, 1.82) is 5.26 Å². The third kappa shape index (κ3) is 2.69. The standard InChI is InChI=1S/C13H18N4/c1-17-6-2-3-11(17)9-16-13-5-4-10(8-14)7-12(13)15/h4-5,7,11,16H,2-3,6,9,15H2,1H3. The molecule has 0 amide bonds. The topological polar surface area (TPSA) is 65.1 Å². The van der Waals surface area contributed by atoms with Gasteiger partial charge in [-0.3, -0.25) is 0 Å². The summed E-state index contributed by atoms with van der Waals surface area (Å²) < 4.78 is 0. The molecule has 1 aromatic carbocycles. The largest absolute Gasteiger partial charge is 0.397 e. The molecule has 90 valence electrons. The summed E-state index contributed by atoms with van der Waals surface area (Å²) in [5.74, 6) is 0. The first-order chi connectivity index (χ1) is 8.20. The lowest BCUT2D eigenvalue weighted by atomic mass is 10.1. The second-order valence-electron chi connectivity index (χ2n) is 4.57. The summed E-state index contributed by atoms with van der Waals surface area (Å²) in [6, 6.07) is 8.05. The molecule has 0 radical (unpaired) electrons. The molecule has 2 rings (SSSR count). The molecule has 0 spiro atoms. The van der Waals surface area contributed by atoms with Crippen molar-refractivity contribution in [2.24, 2.45) is 0 Å². The lowest BCUT2D eigenvalue weighted by molar-refractivity contribution is 0.322. The normalized spacial score (nSPS) is 20.1. The van der Waals surface area contributed by atoms with E-state index in [0.717, 1.165) is 12.2 Å². The minimum atomic E-state index is 0.588. The molecule has 1 saturated heterocycles. The lowest BCUT2D eigenvalue weighted by Gasteiger charge is -2.20. The number of benzene rings is 1. The van der Waals surface area contributed by atoms with Crippen LogP contribution < -0.4 is 11.1 Å². The molecule has 4 nitrogen and oxygen atoms in total. The number of nitrogen functional groups attached to an aromatic ring is 1. The first kappa shape index (κ1) is 11.7. The number of hydrogen-bond acceptors (Lipinski definition) is 4. The Hall–Kier alpha value is -1.73. The molecule has 1 aliphatic heterocycles. The molecule has 0 aromatic heterocycles. The Balaban J connectivity index is 1.97. The second-order valence-corrected chi connectivity index (χ2v) is 4.57. The molecule has 1 aliphatic rings. The quantitative estimate of drug-likeness (QED) is 0.775. The highest BCUT2D eigenvalue weighted by molar-refractivity contribution is 5.68. The molecule has 1 atom stereocenters. The van der Waals surface area contributed by atoms with Crippen LogP contribution >= 0.6 is 0 Å². The van der Waals surface area contributed by atoms with Crippen LogP contribution in [0.2, 0.25) is 0 Å². The van der Waals surface area contributed by atoms with Crippen LogP contribution in [0.5, 0.6) is 0 Å². The Morgan fingerprint density at radius 2 is 2.41 bits per heavy atom. The average Bonchev–Trinajstić information content (AvgIpc) is 2.73. The van der Waals surface area contributed by atoms with Gasteiger partial charge in [0, 0.05) is 12.6 Å². The smallest absolute Gasteiger partial charge is 0.0992 e. The third-order valence-electron chi connectivity index (χ3n) is 3.38. The Morgan fingerprint density at radius 3 is 3.00 bits per heavy atom. The van der Waals surface area contributed by atoms with Gasteiger partial charge in [0.1, 0.15) is 0 Å². The number of anilines is 2. The maximum atomic E-state index is 8.76. The van der Waals surface area contributed by atoms with Crippen molar-refractivity contribution in [3.05, 3.63) is 23.8 Å². The summed E-state index contributed by atoms with van der Waals surface area (Å²) in [5, 5.41) is 12.1. The highest BCUT2D eigenvalue weighted by Gasteiger charge is 2.20. The predicted molar refractivity (Wildman–Crippen MR) is 69.7 cm³/mol. The van der Waals surface area contributed by atoms with Crippen LogP contribution in [0.4, 0.5) is 11.4 Å². The van der Waals surface area contributed by atoms with Gasteiger partial charge in [-0.05, 0) is 44.6 Å². The SMILES string of the molecule is CN1CCCC1CNc1ccc(C#N)cc1N. The number of nitrogens with two attached hydrogens (primary N) is 1. The van der Waals surface area contributed by atoms with Crippen LogP contribution in [0.3, 0.4) is 0 Å². The fraction of sp³-hybridized carbons (Fsp3) is 0.462. The van der Waals surface area contributed by atoms with Gasteiger partial charge in [-0.25, -0.2) is 0 Å². The molecular weight excluding hydrogens is 212 g/mol. The zero-order valence-corrected chi connectivity index (χ0v) is 10.1. The fourth-order valence-corrected chi connectivity index (χ4v) is 2.26. The van der Waals surface area contributed by atoms with Crippen molar-refractivity contribution in [2.45, 2.75) is 18.9 Å². The van der Waals surface area contributed by atoms with Gasteiger partial charge in [-0.15, -0.1) is 0 Å². The van der Waals surface area contributed by atoms with Crippen LogP contribution in [0.25, 0.3) is 0 Å². The minimum Gasteiger partial charge on any atom is -0.397 e. The van der Waals surface area contributed by atoms with Crippen LogP contribution in [-0.2, 0) is 0 Å². The van der Waals surface area contributed by atoms with Crippen molar-refractivity contribution in [3.63, 3.8) is 0 Å². The summed E-state index contributed by atoms with van der Waals surface area (Å²) in [4.78, 5) is 2.37. The van der Waals surface area contributed by atoms with Gasteiger partial charge in [0.15, 0.2) is 0 Å². The first-order valence-corrected chi connectivity index (χ1v) is 5.94. The van der Waals surface area contributed by atoms with Crippen molar-refractivity contribution in [1.82, 2.24) is 4.90 Å². The summed E-state index contributed by atoms with van der Waals surface area (Å²) in [6.45, 7) is 2.09. The number of likely N-dealkylation sites (N-methyl/N-ethyl adjacent to an activating group) is 1. The van der Waals surface area contributed by atoms with Gasteiger partial charge in [-0.1, -0.05) is 0 Å². The van der Waals surface area contributed by atoms with Gasteiger partial charge in [0.2, 0.25) is 0 Å². The molecular formula is C13H18N4. The number of nitrogens with zero attached hydrogens (tertiary/aromatic N) is 2. The molecule has 3 N–H and O–H groups in total. The fourth-order valence-electron chi connectivity index (χ4n) is 2.26. The van der Waals surface area contributed by atoms with Crippen LogP contribution in [0.1, 0.15) is 18.4 Å². The minimum absolute atomic E-state index is 0.588. The van der Waals surface area contributed by atoms with Crippen LogP contribution in [0, 0.1) is 11.3 Å².